The second kappa shape index (κ2) is 8.01. The fourth-order valence-electron chi connectivity index (χ4n) is 2.29. The van der Waals surface area contributed by atoms with E-state index in [1.54, 1.807) is 23.1 Å². The number of rotatable bonds is 6. The summed E-state index contributed by atoms with van der Waals surface area (Å²) in [6.07, 6.45) is 1.35. The maximum atomic E-state index is 12.1. The van der Waals surface area contributed by atoms with Crippen LogP contribution in [0.1, 0.15) is 17.8 Å². The number of thioether (sulfide) groups is 1. The van der Waals surface area contributed by atoms with Crippen molar-refractivity contribution in [3.05, 3.63) is 52.5 Å². The van der Waals surface area contributed by atoms with E-state index in [1.807, 2.05) is 49.4 Å². The third-order valence-electron chi connectivity index (χ3n) is 3.41. The van der Waals surface area contributed by atoms with E-state index < -0.39 is 0 Å². The van der Waals surface area contributed by atoms with Crippen LogP contribution in [-0.2, 0) is 4.79 Å². The van der Waals surface area contributed by atoms with Gasteiger partial charge < -0.3 is 5.32 Å². The molecule has 3 aromatic rings. The summed E-state index contributed by atoms with van der Waals surface area (Å²) in [5, 5.41) is 4.74. The molecule has 0 atom stereocenters. The van der Waals surface area contributed by atoms with Gasteiger partial charge in [0.05, 0.1) is 15.2 Å². The van der Waals surface area contributed by atoms with Gasteiger partial charge in [0, 0.05) is 22.0 Å². The summed E-state index contributed by atoms with van der Waals surface area (Å²) in [4.78, 5) is 17.7. The van der Waals surface area contributed by atoms with Gasteiger partial charge in [-0.05, 0) is 61.6 Å². The van der Waals surface area contributed by atoms with Crippen LogP contribution in [0.3, 0.4) is 0 Å². The van der Waals surface area contributed by atoms with Crippen LogP contribution < -0.4 is 5.32 Å². The summed E-state index contributed by atoms with van der Waals surface area (Å²) in [5.74, 6) is 0.953. The maximum Gasteiger partial charge on any atom is 0.224 e. The Labute approximate surface area is 154 Å². The van der Waals surface area contributed by atoms with E-state index in [-0.39, 0.29) is 5.91 Å². The van der Waals surface area contributed by atoms with Gasteiger partial charge in [-0.2, -0.15) is 0 Å². The maximum absolute atomic E-state index is 12.1. The molecule has 6 heteroatoms. The second-order valence-electron chi connectivity index (χ2n) is 5.37. The lowest BCUT2D eigenvalue weighted by atomic mass is 10.2. The molecule has 0 fully saturated rings. The Hall–Kier alpha value is -1.56. The number of nitrogens with zero attached hydrogens (tertiary/aromatic N) is 1. The van der Waals surface area contributed by atoms with Crippen LogP contribution in [0, 0.1) is 6.92 Å². The monoisotopic (exact) mass is 376 g/mol. The van der Waals surface area contributed by atoms with Crippen LogP contribution in [0.2, 0.25) is 5.02 Å². The van der Waals surface area contributed by atoms with Crippen molar-refractivity contribution in [2.45, 2.75) is 24.7 Å². The first kappa shape index (κ1) is 17.3. The highest BCUT2D eigenvalue weighted by molar-refractivity contribution is 7.99. The van der Waals surface area contributed by atoms with E-state index in [0.29, 0.717) is 6.42 Å². The van der Waals surface area contributed by atoms with Gasteiger partial charge in [-0.3, -0.25) is 4.79 Å². The minimum Gasteiger partial charge on any atom is -0.326 e. The smallest absolute Gasteiger partial charge is 0.224 e. The minimum absolute atomic E-state index is 0.0484. The molecule has 1 aromatic heterocycles. The number of anilines is 1. The van der Waals surface area contributed by atoms with Crippen LogP contribution in [0.4, 0.5) is 5.69 Å². The third kappa shape index (κ3) is 4.72. The number of carbonyl (C=O) groups excluding carboxylic acids is 1. The molecule has 1 heterocycles. The molecule has 24 heavy (non-hydrogen) atoms. The SMILES string of the molecule is Cc1nc2ccc(NC(=O)CCCSc3ccc(Cl)cc3)cc2s1. The molecule has 0 aliphatic carbocycles. The number of thiazole rings is 1. The van der Waals surface area contributed by atoms with Gasteiger partial charge in [0.2, 0.25) is 5.91 Å². The van der Waals surface area contributed by atoms with Crippen LogP contribution in [0.25, 0.3) is 10.2 Å². The summed E-state index contributed by atoms with van der Waals surface area (Å²) in [7, 11) is 0. The Bertz CT molecular complexity index is 846. The predicted molar refractivity (Wildman–Crippen MR) is 104 cm³/mol. The van der Waals surface area contributed by atoms with Crippen molar-refractivity contribution in [1.82, 2.24) is 4.98 Å². The lowest BCUT2D eigenvalue weighted by molar-refractivity contribution is -0.116. The van der Waals surface area contributed by atoms with Gasteiger partial charge in [0.25, 0.3) is 0 Å². The Balaban J connectivity index is 1.45. The molecule has 124 valence electrons. The fourth-order valence-corrected chi connectivity index (χ4v) is 4.14. The van der Waals surface area contributed by atoms with Crippen molar-refractivity contribution in [2.24, 2.45) is 0 Å². The standard InChI is InChI=1S/C18H17ClN2OS2/c1-12-20-16-9-6-14(11-17(16)24-12)21-18(22)3-2-10-23-15-7-4-13(19)5-8-15/h4-9,11H,2-3,10H2,1H3,(H,21,22). The molecule has 3 rings (SSSR count). The average molecular weight is 377 g/mol. The van der Waals surface area contributed by atoms with Crippen molar-refractivity contribution in [1.29, 1.82) is 0 Å². The Morgan fingerprint density at radius 2 is 2.04 bits per heavy atom. The molecule has 1 N–H and O–H groups in total. The van der Waals surface area contributed by atoms with Crippen LogP contribution in [-0.4, -0.2) is 16.6 Å². The van der Waals surface area contributed by atoms with E-state index in [4.69, 9.17) is 11.6 Å². The van der Waals surface area contributed by atoms with Crippen LogP contribution >= 0.6 is 34.7 Å². The normalized spacial score (nSPS) is 10.9. The Kier molecular flexibility index (Phi) is 5.76. The molecule has 0 aliphatic rings. The number of halogens is 1. The van der Waals surface area contributed by atoms with E-state index in [9.17, 15) is 4.79 Å². The number of hydrogen-bond donors (Lipinski definition) is 1. The lowest BCUT2D eigenvalue weighted by Crippen LogP contribution is -2.11. The number of aromatic nitrogens is 1. The molecule has 0 unspecified atom stereocenters. The molecule has 0 radical (unpaired) electrons. The molecule has 3 nitrogen and oxygen atoms in total. The number of nitrogens with one attached hydrogen (secondary N) is 1. The molecular weight excluding hydrogens is 360 g/mol. The molecule has 0 aliphatic heterocycles. The third-order valence-corrected chi connectivity index (χ3v) is 5.69. The highest BCUT2D eigenvalue weighted by Crippen LogP contribution is 2.25. The van der Waals surface area contributed by atoms with E-state index >= 15 is 0 Å². The molecule has 2 aromatic carbocycles. The molecule has 1 amide bonds. The first-order chi connectivity index (χ1) is 11.6. The number of aryl methyl sites for hydroxylation is 1. The fraction of sp³-hybridized carbons (Fsp3) is 0.222. The number of amides is 1. The number of carbonyl (C=O) groups is 1. The summed E-state index contributed by atoms with van der Waals surface area (Å²) in [6, 6.07) is 13.6. The van der Waals surface area contributed by atoms with E-state index in [1.165, 1.54) is 4.90 Å². The van der Waals surface area contributed by atoms with E-state index in [0.717, 1.165) is 38.1 Å². The molecule has 0 saturated carbocycles. The van der Waals surface area contributed by atoms with Gasteiger partial charge in [0.1, 0.15) is 0 Å². The molecule has 0 saturated heterocycles. The topological polar surface area (TPSA) is 42.0 Å². The van der Waals surface area contributed by atoms with Crippen molar-refractivity contribution in [3.8, 4) is 0 Å². The summed E-state index contributed by atoms with van der Waals surface area (Å²) in [5.41, 5.74) is 1.82. The Morgan fingerprint density at radius 3 is 2.83 bits per heavy atom. The molecule has 0 spiro atoms. The van der Waals surface area contributed by atoms with Crippen LogP contribution in [0.5, 0.6) is 0 Å². The first-order valence-corrected chi connectivity index (χ1v) is 9.83. The molecule has 0 bridgehead atoms. The summed E-state index contributed by atoms with van der Waals surface area (Å²) < 4.78 is 1.10. The predicted octanol–water partition coefficient (Wildman–Crippen LogP) is 5.77. The van der Waals surface area contributed by atoms with Crippen LogP contribution in [0.15, 0.2) is 47.4 Å². The molecular formula is C18H17ClN2OS2. The quantitative estimate of drug-likeness (QED) is 0.438. The van der Waals surface area contributed by atoms with Gasteiger partial charge in [-0.1, -0.05) is 11.6 Å². The van der Waals surface area contributed by atoms with Gasteiger partial charge in [-0.15, -0.1) is 23.1 Å². The van der Waals surface area contributed by atoms with E-state index in [2.05, 4.69) is 10.3 Å². The van der Waals surface area contributed by atoms with Gasteiger partial charge >= 0.3 is 0 Å². The van der Waals surface area contributed by atoms with Gasteiger partial charge in [0.15, 0.2) is 0 Å². The average Bonchev–Trinajstić information content (AvgIpc) is 2.92. The minimum atomic E-state index is 0.0484. The zero-order valence-electron chi connectivity index (χ0n) is 13.2. The number of benzene rings is 2. The van der Waals surface area contributed by atoms with Gasteiger partial charge in [-0.25, -0.2) is 4.98 Å². The largest absolute Gasteiger partial charge is 0.326 e. The highest BCUT2D eigenvalue weighted by Gasteiger charge is 2.06. The first-order valence-electron chi connectivity index (χ1n) is 7.65. The number of fused-ring (bicyclic) bond motifs is 1. The number of hydrogen-bond acceptors (Lipinski definition) is 4. The zero-order valence-corrected chi connectivity index (χ0v) is 15.6. The summed E-state index contributed by atoms with van der Waals surface area (Å²) in [6.45, 7) is 1.99. The zero-order chi connectivity index (χ0) is 16.9. The van der Waals surface area contributed by atoms with Crippen molar-refractivity contribution < 1.29 is 4.79 Å². The van der Waals surface area contributed by atoms with Crippen molar-refractivity contribution in [2.75, 3.05) is 11.1 Å². The Morgan fingerprint density at radius 1 is 1.25 bits per heavy atom. The van der Waals surface area contributed by atoms with Crippen molar-refractivity contribution in [3.63, 3.8) is 0 Å². The van der Waals surface area contributed by atoms with Crippen molar-refractivity contribution >= 4 is 56.5 Å². The second-order valence-corrected chi connectivity index (χ2v) is 8.21. The summed E-state index contributed by atoms with van der Waals surface area (Å²) >= 11 is 9.24. The highest BCUT2D eigenvalue weighted by atomic mass is 35.5. The lowest BCUT2D eigenvalue weighted by Gasteiger charge is -2.05.